The van der Waals surface area contributed by atoms with Crippen LogP contribution in [0.3, 0.4) is 0 Å². The summed E-state index contributed by atoms with van der Waals surface area (Å²) in [6.45, 7) is 0.702. The first-order chi connectivity index (χ1) is 41.3. The van der Waals surface area contributed by atoms with Crippen LogP contribution in [0.2, 0.25) is 0 Å². The quantitative estimate of drug-likeness (QED) is 0.0405. The van der Waals surface area contributed by atoms with Crippen LogP contribution >= 0.6 is 31.7 Å². The number of rotatable bonds is 30. The van der Waals surface area contributed by atoms with Crippen LogP contribution in [0.4, 0.5) is 0 Å². The average molecular weight is 1200 g/mol. The highest BCUT2D eigenvalue weighted by Crippen LogP contribution is 2.48. The molecule has 0 aliphatic heterocycles. The maximum Gasteiger partial charge on any atom is 0.126 e. The lowest BCUT2D eigenvalue weighted by Gasteiger charge is -2.31. The van der Waals surface area contributed by atoms with Crippen molar-refractivity contribution in [1.29, 1.82) is 0 Å². The van der Waals surface area contributed by atoms with Gasteiger partial charge in [-0.05, 0) is 91.3 Å². The Morgan fingerprint density at radius 2 is 0.417 bits per heavy atom. The number of methoxy groups -OCH3 is 8. The van der Waals surface area contributed by atoms with Crippen molar-refractivity contribution in [2.24, 2.45) is 0 Å². The molecular weight excluding hydrogens is 1120 g/mol. The van der Waals surface area contributed by atoms with Crippen molar-refractivity contribution in [3.8, 4) is 46.0 Å². The van der Waals surface area contributed by atoms with E-state index in [1.54, 1.807) is 56.9 Å². The molecule has 0 spiro atoms. The van der Waals surface area contributed by atoms with E-state index in [0.717, 1.165) is 99.6 Å². The van der Waals surface area contributed by atoms with E-state index in [1.165, 1.54) is 0 Å². The summed E-state index contributed by atoms with van der Waals surface area (Å²) in [5.41, 5.74) is 2.07. The van der Waals surface area contributed by atoms with Gasteiger partial charge in [0.05, 0.1) is 82.3 Å². The molecule has 0 aromatic heterocycles. The van der Waals surface area contributed by atoms with Gasteiger partial charge in [0, 0.05) is 67.1 Å². The van der Waals surface area contributed by atoms with Gasteiger partial charge in [0.2, 0.25) is 0 Å². The molecule has 0 saturated carbocycles. The van der Waals surface area contributed by atoms with Crippen LogP contribution < -0.4 is 80.3 Å². The second-order valence-electron chi connectivity index (χ2n) is 19.5. The highest BCUT2D eigenvalue weighted by molar-refractivity contribution is 7.75. The van der Waals surface area contributed by atoms with Gasteiger partial charge in [-0.3, -0.25) is 0 Å². The molecule has 0 atom stereocenters. The van der Waals surface area contributed by atoms with Gasteiger partial charge >= 0.3 is 0 Å². The van der Waals surface area contributed by atoms with E-state index in [9.17, 15) is 0 Å². The summed E-state index contributed by atoms with van der Waals surface area (Å²) >= 11 is 0. The SMILES string of the molecule is COc1ccccc1P(CC(CP(c1ccccc1OC)c1ccccc1OC)OCc1cccc(COC(CP(c2ccccc2OC)c2ccccc2OC)CP(c2ccccc2OC)c2ccccc2OC)c1)c1ccccc1OC. The Kier molecular flexibility index (Phi) is 22.9. The number of ether oxygens (including phenoxy) is 10. The second-order valence-corrected chi connectivity index (χ2v) is 28.2. The highest BCUT2D eigenvalue weighted by Gasteiger charge is 2.33. The molecule has 0 aliphatic rings. The molecule has 9 aromatic rings. The van der Waals surface area contributed by atoms with Crippen LogP contribution in [0, 0.1) is 0 Å². The lowest BCUT2D eigenvalue weighted by molar-refractivity contribution is 0.0676. The third-order valence-corrected chi connectivity index (χ3v) is 25.2. The Morgan fingerprint density at radius 3 is 0.595 bits per heavy atom. The van der Waals surface area contributed by atoms with Gasteiger partial charge in [0.25, 0.3) is 0 Å². The molecule has 0 unspecified atom stereocenters. The predicted molar refractivity (Wildman–Crippen MR) is 352 cm³/mol. The van der Waals surface area contributed by atoms with E-state index in [0.29, 0.717) is 37.9 Å². The second kappa shape index (κ2) is 31.2. The molecule has 14 heteroatoms. The normalized spacial score (nSPS) is 11.4. The van der Waals surface area contributed by atoms with E-state index in [2.05, 4.69) is 121 Å². The van der Waals surface area contributed by atoms with Crippen LogP contribution in [0.25, 0.3) is 0 Å². The maximum atomic E-state index is 7.42. The zero-order valence-corrected chi connectivity index (χ0v) is 52.6. The highest BCUT2D eigenvalue weighted by atomic mass is 31.1. The van der Waals surface area contributed by atoms with E-state index in [-0.39, 0.29) is 12.2 Å². The largest absolute Gasteiger partial charge is 0.496 e. The number of para-hydroxylation sites is 8. The van der Waals surface area contributed by atoms with Crippen LogP contribution in [0.1, 0.15) is 11.1 Å². The summed E-state index contributed by atoms with van der Waals surface area (Å²) in [5, 5.41) is 8.90. The Balaban J connectivity index is 1.10. The summed E-state index contributed by atoms with van der Waals surface area (Å²) in [7, 11) is 9.50. The fourth-order valence-electron chi connectivity index (χ4n) is 10.5. The van der Waals surface area contributed by atoms with Crippen molar-refractivity contribution in [3.05, 3.63) is 230 Å². The lowest BCUT2D eigenvalue weighted by atomic mass is 10.1. The third-order valence-electron chi connectivity index (χ3n) is 14.5. The van der Waals surface area contributed by atoms with Crippen LogP contribution in [0.5, 0.6) is 46.0 Å². The first-order valence-corrected chi connectivity index (χ1v) is 33.9. The molecule has 0 heterocycles. The van der Waals surface area contributed by atoms with E-state index in [4.69, 9.17) is 47.4 Å². The first-order valence-electron chi connectivity index (χ1n) is 27.8. The molecule has 0 N–H and O–H groups in total. The zero-order valence-electron chi connectivity index (χ0n) is 49.1. The Hall–Kier alpha value is -6.98. The minimum atomic E-state index is -1.11. The van der Waals surface area contributed by atoms with Crippen LogP contribution in [-0.4, -0.2) is 93.7 Å². The summed E-state index contributed by atoms with van der Waals surface area (Å²) < 4.78 is 63.7. The summed E-state index contributed by atoms with van der Waals surface area (Å²) in [5.74, 6) is 6.61. The first kappa shape index (κ1) is 61.6. The monoisotopic (exact) mass is 1200 g/mol. The number of hydrogen-bond acceptors (Lipinski definition) is 10. The van der Waals surface area contributed by atoms with Crippen molar-refractivity contribution >= 4 is 74.1 Å². The molecule has 0 radical (unpaired) electrons. The smallest absolute Gasteiger partial charge is 0.126 e. The van der Waals surface area contributed by atoms with Gasteiger partial charge in [0.1, 0.15) is 46.0 Å². The molecule has 434 valence electrons. The van der Waals surface area contributed by atoms with Gasteiger partial charge in [-0.25, -0.2) is 0 Å². The minimum Gasteiger partial charge on any atom is -0.496 e. The van der Waals surface area contributed by atoms with Gasteiger partial charge in [-0.2, -0.15) is 0 Å². The zero-order chi connectivity index (χ0) is 58.6. The van der Waals surface area contributed by atoms with Crippen molar-refractivity contribution < 1.29 is 47.4 Å². The molecule has 0 fully saturated rings. The number of benzene rings is 9. The van der Waals surface area contributed by atoms with Crippen molar-refractivity contribution in [2.45, 2.75) is 25.4 Å². The third kappa shape index (κ3) is 15.1. The Bertz CT molecular complexity index is 2910. The topological polar surface area (TPSA) is 92.3 Å². The van der Waals surface area contributed by atoms with Crippen LogP contribution in [-0.2, 0) is 22.7 Å². The fourth-order valence-corrected chi connectivity index (χ4v) is 21.7. The molecule has 0 saturated heterocycles. The number of hydrogen-bond donors (Lipinski definition) is 0. The van der Waals surface area contributed by atoms with E-state index in [1.807, 2.05) is 97.1 Å². The molecule has 0 amide bonds. The van der Waals surface area contributed by atoms with Gasteiger partial charge in [0.15, 0.2) is 0 Å². The Morgan fingerprint density at radius 1 is 0.238 bits per heavy atom. The van der Waals surface area contributed by atoms with E-state index >= 15 is 0 Å². The van der Waals surface area contributed by atoms with Crippen molar-refractivity contribution in [1.82, 2.24) is 0 Å². The summed E-state index contributed by atoms with van der Waals surface area (Å²) in [6.07, 6.45) is 2.15. The average Bonchev–Trinajstić information content (AvgIpc) is 3.67. The minimum absolute atomic E-state index is 0.274. The molecule has 0 bridgehead atoms. The van der Waals surface area contributed by atoms with Gasteiger partial charge in [-0.1, -0.05) is 170 Å². The fraction of sp³-hybridized carbons (Fsp3) is 0.229. The molecule has 10 nitrogen and oxygen atoms in total. The molecular formula is C70H74O10P4. The predicted octanol–water partition coefficient (Wildman–Crippen LogP) is 12.1. The lowest BCUT2D eigenvalue weighted by Crippen LogP contribution is -2.31. The summed E-state index contributed by atoms with van der Waals surface area (Å²) in [4.78, 5) is 0. The molecule has 9 aromatic carbocycles. The van der Waals surface area contributed by atoms with Gasteiger partial charge < -0.3 is 47.4 Å². The molecule has 9 rings (SSSR count). The van der Waals surface area contributed by atoms with Crippen molar-refractivity contribution in [2.75, 3.05) is 81.5 Å². The molecule has 0 aliphatic carbocycles. The van der Waals surface area contributed by atoms with Gasteiger partial charge in [-0.15, -0.1) is 0 Å². The summed E-state index contributed by atoms with van der Waals surface area (Å²) in [6, 6.07) is 75.3. The van der Waals surface area contributed by atoms with E-state index < -0.39 is 31.7 Å². The van der Waals surface area contributed by atoms with Crippen LogP contribution in [0.15, 0.2) is 218 Å². The van der Waals surface area contributed by atoms with Crippen molar-refractivity contribution in [3.63, 3.8) is 0 Å². The maximum absolute atomic E-state index is 7.42. The molecule has 84 heavy (non-hydrogen) atoms. The standard InChI is InChI=1S/C70H74O10P4/c1-71-55-28-9-17-36-63(55)81(64-37-18-10-29-56(64)72-2)47-53(48-82(65-38-19-11-30-57(65)73-3)66-39-20-12-31-58(66)74-4)79-45-51-26-25-27-52(44-51)46-80-54(49-83(67-40-21-13-32-59(67)75-5)68-41-22-14-33-60(68)76-6)50-84(69-42-23-15-34-61(69)77-7)70-43-24-16-35-62(70)78-8/h9-44,53-54H,45-50H2,1-8H3. The Labute approximate surface area is 501 Å².